The van der Waals surface area contributed by atoms with Crippen LogP contribution in [0.25, 0.3) is 0 Å². The number of likely N-dealkylation sites (N-methyl/N-ethyl adjacent to an activating group) is 1. The molecule has 52 valence electrons. The number of nitrogens with zero attached hydrogens (tertiary/aromatic N) is 1. The van der Waals surface area contributed by atoms with Crippen LogP contribution in [0.1, 0.15) is 6.92 Å². The second kappa shape index (κ2) is 3.46. The normalized spacial score (nSPS) is 9.78. The lowest BCUT2D eigenvalue weighted by molar-refractivity contribution is 0.448. The van der Waals surface area contributed by atoms with Gasteiger partial charge >= 0.3 is 0 Å². The van der Waals surface area contributed by atoms with E-state index < -0.39 is 0 Å². The second-order valence-corrected chi connectivity index (χ2v) is 2.62. The van der Waals surface area contributed by atoms with E-state index >= 15 is 0 Å². The van der Waals surface area contributed by atoms with Gasteiger partial charge in [-0.25, -0.2) is 0 Å². The summed E-state index contributed by atoms with van der Waals surface area (Å²) in [5.74, 6) is 0. The van der Waals surface area contributed by atoms with Gasteiger partial charge in [-0.05, 0) is 26.6 Å². The maximum Gasteiger partial charge on any atom is 0.0224 e. The molecule has 0 aliphatic carbocycles. The quantitative estimate of drug-likeness (QED) is 0.519. The van der Waals surface area contributed by atoms with E-state index in [0.717, 1.165) is 17.7 Å². The summed E-state index contributed by atoms with van der Waals surface area (Å²) in [7, 11) is 4.04. The summed E-state index contributed by atoms with van der Waals surface area (Å²) < 4.78 is 0. The molecular weight excluding hydrogens is 110 g/mol. The highest BCUT2D eigenvalue weighted by Gasteiger charge is 1.94. The lowest BCUT2D eigenvalue weighted by Gasteiger charge is -2.10. The maximum atomic E-state index is 3.85. The molecule has 0 aliphatic rings. The van der Waals surface area contributed by atoms with Crippen molar-refractivity contribution in [2.75, 3.05) is 20.6 Å². The zero-order chi connectivity index (χ0) is 7.44. The van der Waals surface area contributed by atoms with Crippen LogP contribution in [0.4, 0.5) is 0 Å². The van der Waals surface area contributed by atoms with Crippen LogP contribution >= 0.6 is 0 Å². The van der Waals surface area contributed by atoms with Crippen molar-refractivity contribution in [1.82, 2.24) is 4.90 Å². The van der Waals surface area contributed by atoms with Gasteiger partial charge in [0.25, 0.3) is 0 Å². The first-order valence-electron chi connectivity index (χ1n) is 3.02. The molecule has 1 heteroatoms. The second-order valence-electron chi connectivity index (χ2n) is 2.62. The van der Waals surface area contributed by atoms with E-state index in [1.807, 2.05) is 21.0 Å². The van der Waals surface area contributed by atoms with Gasteiger partial charge < -0.3 is 4.90 Å². The third kappa shape index (κ3) is 3.98. The lowest BCUT2D eigenvalue weighted by Crippen LogP contribution is -2.14. The third-order valence-corrected chi connectivity index (χ3v) is 1.11. The van der Waals surface area contributed by atoms with E-state index in [1.165, 1.54) is 0 Å². The predicted octanol–water partition coefficient (Wildman–Crippen LogP) is 1.68. The zero-order valence-corrected chi connectivity index (χ0v) is 6.57. The Morgan fingerprint density at radius 1 is 1.33 bits per heavy atom. The standard InChI is InChI=1S/C8H15N/c1-7(2)8(3)6-9(4)5/h1,3,6H2,2,4-5H3. The van der Waals surface area contributed by atoms with Crippen molar-refractivity contribution >= 4 is 0 Å². The first kappa shape index (κ1) is 8.44. The van der Waals surface area contributed by atoms with Crippen LogP contribution in [-0.2, 0) is 0 Å². The van der Waals surface area contributed by atoms with E-state index in [2.05, 4.69) is 18.1 Å². The highest BCUT2D eigenvalue weighted by atomic mass is 15.0. The Balaban J connectivity index is 3.65. The van der Waals surface area contributed by atoms with E-state index in [4.69, 9.17) is 0 Å². The topological polar surface area (TPSA) is 3.24 Å². The lowest BCUT2D eigenvalue weighted by atomic mass is 10.1. The molecule has 0 spiro atoms. The molecule has 0 bridgehead atoms. The van der Waals surface area contributed by atoms with Crippen molar-refractivity contribution in [3.63, 3.8) is 0 Å². The Labute approximate surface area is 57.7 Å². The highest BCUT2D eigenvalue weighted by molar-refractivity contribution is 5.23. The van der Waals surface area contributed by atoms with Gasteiger partial charge in [0.05, 0.1) is 0 Å². The number of rotatable bonds is 3. The summed E-state index contributed by atoms with van der Waals surface area (Å²) in [4.78, 5) is 2.08. The smallest absolute Gasteiger partial charge is 0.0224 e. The first-order valence-corrected chi connectivity index (χ1v) is 3.02. The molecule has 0 radical (unpaired) electrons. The Morgan fingerprint density at radius 2 is 1.78 bits per heavy atom. The van der Waals surface area contributed by atoms with Crippen molar-refractivity contribution in [2.45, 2.75) is 6.92 Å². The van der Waals surface area contributed by atoms with Crippen LogP contribution in [0.2, 0.25) is 0 Å². The summed E-state index contributed by atoms with van der Waals surface area (Å²) in [6, 6.07) is 0. The molecule has 0 aromatic heterocycles. The molecule has 0 N–H and O–H groups in total. The Bertz CT molecular complexity index is 123. The first-order chi connectivity index (χ1) is 4.04. The molecule has 0 aromatic carbocycles. The maximum absolute atomic E-state index is 3.85. The van der Waals surface area contributed by atoms with E-state index in [-0.39, 0.29) is 0 Å². The molecule has 0 amide bonds. The van der Waals surface area contributed by atoms with Crippen LogP contribution in [0.15, 0.2) is 24.3 Å². The molecule has 0 atom stereocenters. The van der Waals surface area contributed by atoms with Gasteiger partial charge in [-0.1, -0.05) is 18.7 Å². The zero-order valence-electron chi connectivity index (χ0n) is 6.57. The van der Waals surface area contributed by atoms with Gasteiger partial charge in [0.1, 0.15) is 0 Å². The molecule has 0 unspecified atom stereocenters. The Morgan fingerprint density at radius 3 is 1.89 bits per heavy atom. The average Bonchev–Trinajstić information content (AvgIpc) is 1.63. The van der Waals surface area contributed by atoms with Gasteiger partial charge in [-0.2, -0.15) is 0 Å². The molecular formula is C8H15N. The van der Waals surface area contributed by atoms with E-state index in [9.17, 15) is 0 Å². The Hall–Kier alpha value is -0.560. The molecule has 1 nitrogen and oxygen atoms in total. The monoisotopic (exact) mass is 125 g/mol. The molecule has 0 fully saturated rings. The molecule has 0 aromatic rings. The fourth-order valence-electron chi connectivity index (χ4n) is 0.517. The van der Waals surface area contributed by atoms with Gasteiger partial charge in [-0.15, -0.1) is 0 Å². The van der Waals surface area contributed by atoms with Crippen LogP contribution in [0.5, 0.6) is 0 Å². The summed E-state index contributed by atoms with van der Waals surface area (Å²) in [6.07, 6.45) is 0. The van der Waals surface area contributed by atoms with Gasteiger partial charge in [0.15, 0.2) is 0 Å². The molecule has 0 rings (SSSR count). The summed E-state index contributed by atoms with van der Waals surface area (Å²) in [6.45, 7) is 10.5. The fourth-order valence-corrected chi connectivity index (χ4v) is 0.517. The largest absolute Gasteiger partial charge is 0.305 e. The van der Waals surface area contributed by atoms with Crippen LogP contribution in [-0.4, -0.2) is 25.5 Å². The van der Waals surface area contributed by atoms with E-state index in [0.29, 0.717) is 0 Å². The van der Waals surface area contributed by atoms with Crippen molar-refractivity contribution < 1.29 is 0 Å². The summed E-state index contributed by atoms with van der Waals surface area (Å²) in [5, 5.41) is 0. The SMILES string of the molecule is C=C(C)C(=C)CN(C)C. The molecule has 9 heavy (non-hydrogen) atoms. The van der Waals surface area contributed by atoms with Crippen LogP contribution in [0.3, 0.4) is 0 Å². The van der Waals surface area contributed by atoms with Crippen molar-refractivity contribution in [2.24, 2.45) is 0 Å². The number of hydrogen-bond acceptors (Lipinski definition) is 1. The van der Waals surface area contributed by atoms with Crippen molar-refractivity contribution in [3.05, 3.63) is 24.3 Å². The van der Waals surface area contributed by atoms with Gasteiger partial charge in [0, 0.05) is 6.54 Å². The minimum absolute atomic E-state index is 0.912. The van der Waals surface area contributed by atoms with Gasteiger partial charge in [0.2, 0.25) is 0 Å². The minimum Gasteiger partial charge on any atom is -0.305 e. The Kier molecular flexibility index (Phi) is 3.25. The summed E-state index contributed by atoms with van der Waals surface area (Å²) >= 11 is 0. The highest BCUT2D eigenvalue weighted by Crippen LogP contribution is 2.02. The predicted molar refractivity (Wildman–Crippen MR) is 42.5 cm³/mol. The third-order valence-electron chi connectivity index (χ3n) is 1.11. The molecule has 0 aliphatic heterocycles. The number of hydrogen-bond donors (Lipinski definition) is 0. The molecule has 0 saturated heterocycles. The fraction of sp³-hybridized carbons (Fsp3) is 0.500. The van der Waals surface area contributed by atoms with Crippen LogP contribution < -0.4 is 0 Å². The summed E-state index contributed by atoms with van der Waals surface area (Å²) in [5.41, 5.74) is 2.18. The van der Waals surface area contributed by atoms with Gasteiger partial charge in [-0.3, -0.25) is 0 Å². The minimum atomic E-state index is 0.912. The van der Waals surface area contributed by atoms with Crippen molar-refractivity contribution in [3.8, 4) is 0 Å². The average molecular weight is 125 g/mol. The molecule has 0 saturated carbocycles. The van der Waals surface area contributed by atoms with Crippen molar-refractivity contribution in [1.29, 1.82) is 0 Å². The molecule has 0 heterocycles. The van der Waals surface area contributed by atoms with E-state index in [1.54, 1.807) is 0 Å². The van der Waals surface area contributed by atoms with Crippen LogP contribution in [0, 0.1) is 0 Å².